The summed E-state index contributed by atoms with van der Waals surface area (Å²) in [6.45, 7) is 4.32. The van der Waals surface area contributed by atoms with Crippen LogP contribution in [-0.2, 0) is 4.74 Å². The summed E-state index contributed by atoms with van der Waals surface area (Å²) in [7, 11) is 0. The highest BCUT2D eigenvalue weighted by atomic mass is 16.5. The first kappa shape index (κ1) is 8.52. The molecule has 2 aliphatic heterocycles. The maximum absolute atomic E-state index is 5.90. The second-order valence-corrected chi connectivity index (χ2v) is 4.18. The van der Waals surface area contributed by atoms with Gasteiger partial charge in [-0.25, -0.2) is 0 Å². The predicted molar refractivity (Wildman–Crippen MR) is 49.2 cm³/mol. The molecule has 2 nitrogen and oxygen atoms in total. The third-order valence-corrected chi connectivity index (χ3v) is 3.26. The van der Waals surface area contributed by atoms with E-state index in [1.807, 2.05) is 0 Å². The van der Waals surface area contributed by atoms with Crippen molar-refractivity contribution in [2.24, 2.45) is 0 Å². The normalized spacial score (nSPS) is 42.2. The van der Waals surface area contributed by atoms with Crippen molar-refractivity contribution in [1.29, 1.82) is 0 Å². The molecule has 0 aromatic heterocycles. The van der Waals surface area contributed by atoms with Crippen molar-refractivity contribution in [2.75, 3.05) is 13.2 Å². The first-order valence-electron chi connectivity index (χ1n) is 5.22. The minimum atomic E-state index is 0.235. The molecule has 2 rings (SSSR count). The molecule has 0 amide bonds. The van der Waals surface area contributed by atoms with Gasteiger partial charge in [0.05, 0.1) is 5.60 Å². The standard InChI is InChI=1S/C10H19NO/c1-2-9-7-10(8-11-9)5-3-4-6-12-10/h9,11H,2-8H2,1H3. The zero-order chi connectivity index (χ0) is 8.44. The molecule has 70 valence electrons. The molecule has 2 unspecified atom stereocenters. The molecule has 12 heavy (non-hydrogen) atoms. The topological polar surface area (TPSA) is 21.3 Å². The third-order valence-electron chi connectivity index (χ3n) is 3.26. The minimum Gasteiger partial charge on any atom is -0.374 e. The number of ether oxygens (including phenoxy) is 1. The van der Waals surface area contributed by atoms with Gasteiger partial charge in [-0.3, -0.25) is 0 Å². The van der Waals surface area contributed by atoms with E-state index in [9.17, 15) is 0 Å². The third kappa shape index (κ3) is 1.50. The molecule has 2 heteroatoms. The van der Waals surface area contributed by atoms with Crippen molar-refractivity contribution in [3.05, 3.63) is 0 Å². The monoisotopic (exact) mass is 169 g/mol. The molecule has 1 spiro atoms. The van der Waals surface area contributed by atoms with E-state index in [-0.39, 0.29) is 5.60 Å². The summed E-state index contributed by atoms with van der Waals surface area (Å²) < 4.78 is 5.90. The first-order valence-corrected chi connectivity index (χ1v) is 5.22. The summed E-state index contributed by atoms with van der Waals surface area (Å²) in [6.07, 6.45) is 6.38. The van der Waals surface area contributed by atoms with Crippen LogP contribution in [0, 0.1) is 0 Å². The van der Waals surface area contributed by atoms with Crippen molar-refractivity contribution < 1.29 is 4.74 Å². The molecule has 0 saturated carbocycles. The molecule has 2 saturated heterocycles. The maximum atomic E-state index is 5.90. The van der Waals surface area contributed by atoms with Crippen molar-refractivity contribution in [1.82, 2.24) is 5.32 Å². The molecule has 2 atom stereocenters. The van der Waals surface area contributed by atoms with Gasteiger partial charge in [0.25, 0.3) is 0 Å². The van der Waals surface area contributed by atoms with E-state index in [0.717, 1.165) is 13.2 Å². The van der Waals surface area contributed by atoms with Gasteiger partial charge in [-0.15, -0.1) is 0 Å². The molecular weight excluding hydrogens is 150 g/mol. The lowest BCUT2D eigenvalue weighted by Gasteiger charge is -2.33. The molecule has 2 heterocycles. The molecular formula is C10H19NO. The minimum absolute atomic E-state index is 0.235. The van der Waals surface area contributed by atoms with Gasteiger partial charge in [-0.2, -0.15) is 0 Å². The van der Waals surface area contributed by atoms with E-state index in [4.69, 9.17) is 4.74 Å². The van der Waals surface area contributed by atoms with Crippen LogP contribution in [0.2, 0.25) is 0 Å². The number of nitrogens with one attached hydrogen (secondary N) is 1. The average molecular weight is 169 g/mol. The number of hydrogen-bond donors (Lipinski definition) is 1. The van der Waals surface area contributed by atoms with E-state index in [1.54, 1.807) is 0 Å². The Kier molecular flexibility index (Phi) is 2.37. The van der Waals surface area contributed by atoms with Crippen LogP contribution in [-0.4, -0.2) is 24.8 Å². The fourth-order valence-electron chi connectivity index (χ4n) is 2.42. The van der Waals surface area contributed by atoms with Crippen LogP contribution in [0.1, 0.15) is 39.0 Å². The average Bonchev–Trinajstić information content (AvgIpc) is 2.50. The van der Waals surface area contributed by atoms with Crippen LogP contribution < -0.4 is 5.32 Å². The van der Waals surface area contributed by atoms with Gasteiger partial charge >= 0.3 is 0 Å². The van der Waals surface area contributed by atoms with E-state index in [1.165, 1.54) is 32.1 Å². The van der Waals surface area contributed by atoms with Gasteiger partial charge in [-0.05, 0) is 32.1 Å². The quantitative estimate of drug-likeness (QED) is 0.645. The van der Waals surface area contributed by atoms with Gasteiger partial charge in [0.15, 0.2) is 0 Å². The molecule has 0 bridgehead atoms. The van der Waals surface area contributed by atoms with Crippen molar-refractivity contribution >= 4 is 0 Å². The summed E-state index contributed by atoms with van der Waals surface area (Å²) in [6, 6.07) is 0.711. The van der Waals surface area contributed by atoms with E-state index in [2.05, 4.69) is 12.2 Å². The molecule has 0 aromatic rings. The second-order valence-electron chi connectivity index (χ2n) is 4.18. The largest absolute Gasteiger partial charge is 0.374 e. The van der Waals surface area contributed by atoms with Crippen LogP contribution in [0.4, 0.5) is 0 Å². The van der Waals surface area contributed by atoms with Gasteiger partial charge in [0.1, 0.15) is 0 Å². The van der Waals surface area contributed by atoms with E-state index in [0.29, 0.717) is 6.04 Å². The lowest BCUT2D eigenvalue weighted by Crippen LogP contribution is -2.38. The zero-order valence-electron chi connectivity index (χ0n) is 7.94. The van der Waals surface area contributed by atoms with Crippen LogP contribution in [0.5, 0.6) is 0 Å². The van der Waals surface area contributed by atoms with Crippen molar-refractivity contribution in [3.63, 3.8) is 0 Å². The second kappa shape index (κ2) is 3.35. The van der Waals surface area contributed by atoms with Gasteiger partial charge in [0, 0.05) is 19.2 Å². The lowest BCUT2D eigenvalue weighted by atomic mass is 9.91. The Morgan fingerprint density at radius 3 is 3.00 bits per heavy atom. The van der Waals surface area contributed by atoms with Crippen molar-refractivity contribution in [2.45, 2.75) is 50.7 Å². The molecule has 0 aliphatic carbocycles. The predicted octanol–water partition coefficient (Wildman–Crippen LogP) is 1.70. The van der Waals surface area contributed by atoms with Gasteiger partial charge in [0.2, 0.25) is 0 Å². The van der Waals surface area contributed by atoms with Crippen LogP contribution in [0.15, 0.2) is 0 Å². The Morgan fingerprint density at radius 2 is 2.42 bits per heavy atom. The first-order chi connectivity index (χ1) is 5.85. The summed E-state index contributed by atoms with van der Waals surface area (Å²) in [5, 5.41) is 3.54. The molecule has 2 aliphatic rings. The molecule has 1 N–H and O–H groups in total. The Balaban J connectivity index is 1.94. The summed E-state index contributed by atoms with van der Waals surface area (Å²) >= 11 is 0. The number of rotatable bonds is 1. The fourth-order valence-corrected chi connectivity index (χ4v) is 2.42. The van der Waals surface area contributed by atoms with Crippen LogP contribution in [0.3, 0.4) is 0 Å². The SMILES string of the molecule is CCC1CC2(CCCCO2)CN1. The van der Waals surface area contributed by atoms with E-state index >= 15 is 0 Å². The molecule has 0 radical (unpaired) electrons. The lowest BCUT2D eigenvalue weighted by molar-refractivity contribution is -0.0650. The van der Waals surface area contributed by atoms with Gasteiger partial charge < -0.3 is 10.1 Å². The Labute approximate surface area is 74.7 Å². The highest BCUT2D eigenvalue weighted by Gasteiger charge is 2.40. The molecule has 0 aromatic carbocycles. The van der Waals surface area contributed by atoms with E-state index < -0.39 is 0 Å². The van der Waals surface area contributed by atoms with Crippen molar-refractivity contribution in [3.8, 4) is 0 Å². The number of hydrogen-bond acceptors (Lipinski definition) is 2. The summed E-state index contributed by atoms with van der Waals surface area (Å²) in [5.74, 6) is 0. The van der Waals surface area contributed by atoms with Gasteiger partial charge in [-0.1, -0.05) is 6.92 Å². The summed E-state index contributed by atoms with van der Waals surface area (Å²) in [4.78, 5) is 0. The fraction of sp³-hybridized carbons (Fsp3) is 1.00. The van der Waals surface area contributed by atoms with Crippen LogP contribution >= 0.6 is 0 Å². The smallest absolute Gasteiger partial charge is 0.0821 e. The molecule has 2 fully saturated rings. The summed E-state index contributed by atoms with van der Waals surface area (Å²) in [5.41, 5.74) is 0.235. The Bertz CT molecular complexity index is 152. The highest BCUT2D eigenvalue weighted by Crippen LogP contribution is 2.33. The zero-order valence-corrected chi connectivity index (χ0v) is 7.94. The Hall–Kier alpha value is -0.0800. The Morgan fingerprint density at radius 1 is 1.50 bits per heavy atom. The highest BCUT2D eigenvalue weighted by molar-refractivity contribution is 4.96. The van der Waals surface area contributed by atoms with Crippen LogP contribution in [0.25, 0.3) is 0 Å². The maximum Gasteiger partial charge on any atom is 0.0821 e.